The summed E-state index contributed by atoms with van der Waals surface area (Å²) >= 11 is 0. The predicted molar refractivity (Wildman–Crippen MR) is 58.9 cm³/mol. The second-order valence-electron chi connectivity index (χ2n) is 4.57. The van der Waals surface area contributed by atoms with E-state index in [4.69, 9.17) is 10.00 Å². The average molecular weight is 197 g/mol. The first-order valence-corrected chi connectivity index (χ1v) is 5.53. The van der Waals surface area contributed by atoms with Gasteiger partial charge in [-0.3, -0.25) is 0 Å². The molecule has 0 saturated carbocycles. The first-order chi connectivity index (χ1) is 6.54. The largest absolute Gasteiger partial charge is 0.381 e. The van der Waals surface area contributed by atoms with Gasteiger partial charge in [-0.15, -0.1) is 0 Å². The van der Waals surface area contributed by atoms with Gasteiger partial charge in [0.05, 0.1) is 11.5 Å². The van der Waals surface area contributed by atoms with Crippen molar-refractivity contribution in [1.82, 2.24) is 0 Å². The molecule has 2 heteroatoms. The van der Waals surface area contributed by atoms with Crippen molar-refractivity contribution in [2.45, 2.75) is 47.0 Å². The van der Waals surface area contributed by atoms with Crippen molar-refractivity contribution in [1.29, 1.82) is 5.26 Å². The fraction of sp³-hybridized carbons (Fsp3) is 0.917. The molecule has 0 aromatic heterocycles. The van der Waals surface area contributed by atoms with Crippen molar-refractivity contribution in [3.05, 3.63) is 0 Å². The summed E-state index contributed by atoms with van der Waals surface area (Å²) in [4.78, 5) is 0. The molecule has 1 atom stereocenters. The third kappa shape index (κ3) is 5.99. The Balaban J connectivity index is 3.49. The molecule has 0 bridgehead atoms. The number of ether oxygens (including phenoxy) is 1. The molecule has 0 aliphatic heterocycles. The molecule has 0 heterocycles. The van der Waals surface area contributed by atoms with Crippen LogP contribution < -0.4 is 0 Å². The molecule has 0 fully saturated rings. The molecule has 0 radical (unpaired) electrons. The third-order valence-electron chi connectivity index (χ3n) is 2.69. The minimum Gasteiger partial charge on any atom is -0.381 e. The molecule has 2 nitrogen and oxygen atoms in total. The van der Waals surface area contributed by atoms with E-state index in [1.807, 2.05) is 6.92 Å². The topological polar surface area (TPSA) is 33.0 Å². The Kier molecular flexibility index (Phi) is 6.57. The maximum atomic E-state index is 8.92. The smallest absolute Gasteiger partial charge is 0.0687 e. The van der Waals surface area contributed by atoms with Crippen LogP contribution in [0.4, 0.5) is 0 Å². The minimum absolute atomic E-state index is 0.197. The number of rotatable bonds is 7. The first-order valence-electron chi connectivity index (χ1n) is 5.53. The fourth-order valence-corrected chi connectivity index (χ4v) is 1.03. The Morgan fingerprint density at radius 1 is 1.36 bits per heavy atom. The van der Waals surface area contributed by atoms with E-state index in [-0.39, 0.29) is 5.41 Å². The first kappa shape index (κ1) is 13.4. The number of hydrogen-bond donors (Lipinski definition) is 0. The Morgan fingerprint density at radius 2 is 2.00 bits per heavy atom. The van der Waals surface area contributed by atoms with Crippen molar-refractivity contribution in [3.63, 3.8) is 0 Å². The minimum atomic E-state index is -0.197. The van der Waals surface area contributed by atoms with Gasteiger partial charge in [0.25, 0.3) is 0 Å². The number of nitrogens with zero attached hydrogens (tertiary/aromatic N) is 1. The quantitative estimate of drug-likeness (QED) is 0.586. The van der Waals surface area contributed by atoms with Gasteiger partial charge in [-0.1, -0.05) is 20.8 Å². The number of hydrogen-bond acceptors (Lipinski definition) is 2. The molecule has 0 rings (SSSR count). The van der Waals surface area contributed by atoms with E-state index < -0.39 is 0 Å². The Bertz CT molecular complexity index is 183. The monoisotopic (exact) mass is 197 g/mol. The molecule has 0 saturated heterocycles. The fourth-order valence-electron chi connectivity index (χ4n) is 1.03. The van der Waals surface area contributed by atoms with Crippen molar-refractivity contribution in [2.75, 3.05) is 13.2 Å². The number of nitriles is 1. The lowest BCUT2D eigenvalue weighted by Crippen LogP contribution is -2.15. The molecule has 82 valence electrons. The molecule has 0 aromatic rings. The van der Waals surface area contributed by atoms with E-state index in [1.54, 1.807) is 0 Å². The van der Waals surface area contributed by atoms with Gasteiger partial charge in [0, 0.05) is 13.2 Å². The average Bonchev–Trinajstić information content (AvgIpc) is 2.16. The van der Waals surface area contributed by atoms with E-state index in [9.17, 15) is 0 Å². The second-order valence-corrected chi connectivity index (χ2v) is 4.57. The van der Waals surface area contributed by atoms with Crippen molar-refractivity contribution in [3.8, 4) is 6.07 Å². The zero-order valence-corrected chi connectivity index (χ0v) is 9.97. The van der Waals surface area contributed by atoms with Crippen LogP contribution >= 0.6 is 0 Å². The summed E-state index contributed by atoms with van der Waals surface area (Å²) in [6.45, 7) is 9.97. The molecule has 0 aliphatic carbocycles. The summed E-state index contributed by atoms with van der Waals surface area (Å²) in [7, 11) is 0. The summed E-state index contributed by atoms with van der Waals surface area (Å²) < 4.78 is 5.49. The van der Waals surface area contributed by atoms with Gasteiger partial charge < -0.3 is 4.74 Å². The van der Waals surface area contributed by atoms with Gasteiger partial charge in [0.1, 0.15) is 0 Å². The van der Waals surface area contributed by atoms with E-state index >= 15 is 0 Å². The molecule has 14 heavy (non-hydrogen) atoms. The Hall–Kier alpha value is -0.550. The maximum absolute atomic E-state index is 8.92. The van der Waals surface area contributed by atoms with Gasteiger partial charge in [0.15, 0.2) is 0 Å². The zero-order chi connectivity index (χ0) is 11.0. The van der Waals surface area contributed by atoms with E-state index in [0.717, 1.165) is 25.9 Å². The van der Waals surface area contributed by atoms with Gasteiger partial charge in [-0.25, -0.2) is 0 Å². The lowest BCUT2D eigenvalue weighted by atomic mass is 9.86. The van der Waals surface area contributed by atoms with Crippen LogP contribution in [0.25, 0.3) is 0 Å². The normalized spacial score (nSPS) is 15.1. The SMILES string of the molecule is CCC(C)(C#N)CCOCCC(C)C. The van der Waals surface area contributed by atoms with Crippen LogP contribution in [-0.4, -0.2) is 13.2 Å². The highest BCUT2D eigenvalue weighted by Gasteiger charge is 2.20. The standard InChI is InChI=1S/C12H23NO/c1-5-12(4,10-13)7-9-14-8-6-11(2)3/h11H,5-9H2,1-4H3. The molecule has 1 unspecified atom stereocenters. The van der Waals surface area contributed by atoms with E-state index in [0.29, 0.717) is 12.5 Å². The third-order valence-corrected chi connectivity index (χ3v) is 2.69. The Labute approximate surface area is 88.3 Å². The highest BCUT2D eigenvalue weighted by molar-refractivity contribution is 4.94. The summed E-state index contributed by atoms with van der Waals surface area (Å²) in [5, 5.41) is 8.92. The Morgan fingerprint density at radius 3 is 2.43 bits per heavy atom. The highest BCUT2D eigenvalue weighted by Crippen LogP contribution is 2.24. The van der Waals surface area contributed by atoms with Crippen molar-refractivity contribution < 1.29 is 4.74 Å². The van der Waals surface area contributed by atoms with Crippen molar-refractivity contribution in [2.24, 2.45) is 11.3 Å². The van der Waals surface area contributed by atoms with Crippen molar-refractivity contribution >= 4 is 0 Å². The summed E-state index contributed by atoms with van der Waals surface area (Å²) in [5.74, 6) is 0.698. The molecule has 0 spiro atoms. The molecule has 0 N–H and O–H groups in total. The molecule has 0 amide bonds. The van der Waals surface area contributed by atoms with E-state index in [2.05, 4.69) is 26.8 Å². The van der Waals surface area contributed by atoms with Crippen LogP contribution in [0.5, 0.6) is 0 Å². The van der Waals surface area contributed by atoms with Crippen LogP contribution in [-0.2, 0) is 4.74 Å². The molecule has 0 aliphatic rings. The maximum Gasteiger partial charge on any atom is 0.0687 e. The second kappa shape index (κ2) is 6.84. The van der Waals surface area contributed by atoms with Gasteiger partial charge in [-0.05, 0) is 32.1 Å². The molecular formula is C12H23NO. The molecular weight excluding hydrogens is 174 g/mol. The summed E-state index contributed by atoms with van der Waals surface area (Å²) in [6.07, 6.45) is 2.85. The zero-order valence-electron chi connectivity index (χ0n) is 9.97. The lowest BCUT2D eigenvalue weighted by Gasteiger charge is -2.18. The summed E-state index contributed by atoms with van der Waals surface area (Å²) in [5.41, 5.74) is -0.197. The van der Waals surface area contributed by atoms with Crippen LogP contribution in [0, 0.1) is 22.7 Å². The predicted octanol–water partition coefficient (Wildman–Crippen LogP) is 3.38. The van der Waals surface area contributed by atoms with Crippen LogP contribution in [0.15, 0.2) is 0 Å². The van der Waals surface area contributed by atoms with Gasteiger partial charge in [0.2, 0.25) is 0 Å². The van der Waals surface area contributed by atoms with Crippen LogP contribution in [0.3, 0.4) is 0 Å². The van der Waals surface area contributed by atoms with Crippen LogP contribution in [0.1, 0.15) is 47.0 Å². The van der Waals surface area contributed by atoms with Gasteiger partial charge >= 0.3 is 0 Å². The lowest BCUT2D eigenvalue weighted by molar-refractivity contribution is 0.102. The van der Waals surface area contributed by atoms with Gasteiger partial charge in [-0.2, -0.15) is 5.26 Å². The van der Waals surface area contributed by atoms with E-state index in [1.165, 1.54) is 0 Å². The molecule has 0 aromatic carbocycles. The highest BCUT2D eigenvalue weighted by atomic mass is 16.5. The summed E-state index contributed by atoms with van der Waals surface area (Å²) in [6, 6.07) is 2.35. The van der Waals surface area contributed by atoms with Crippen LogP contribution in [0.2, 0.25) is 0 Å².